The lowest BCUT2D eigenvalue weighted by molar-refractivity contribution is 0.154. The van der Waals surface area contributed by atoms with Gasteiger partial charge in [-0.05, 0) is 38.3 Å². The lowest BCUT2D eigenvalue weighted by Crippen LogP contribution is -2.33. The Balaban J connectivity index is 2.21. The Bertz CT molecular complexity index is 125. The molecule has 0 saturated carbocycles. The molecule has 1 rings (SSSR count). The van der Waals surface area contributed by atoms with Crippen molar-refractivity contribution in [3.63, 3.8) is 0 Å². The van der Waals surface area contributed by atoms with Crippen LogP contribution in [0, 0.1) is 5.92 Å². The Labute approximate surface area is 75.6 Å². The number of rotatable bonds is 4. The fraction of sp³-hybridized carbons (Fsp3) is 1.00. The first-order valence-electron chi connectivity index (χ1n) is 5.09. The average Bonchev–Trinajstić information content (AvgIpc) is 2.47. The first kappa shape index (κ1) is 10.0. The Morgan fingerprint density at radius 1 is 1.50 bits per heavy atom. The van der Waals surface area contributed by atoms with E-state index < -0.39 is 0 Å². The topological polar surface area (TPSA) is 23.5 Å². The molecule has 2 nitrogen and oxygen atoms in total. The van der Waals surface area contributed by atoms with Gasteiger partial charge in [-0.2, -0.15) is 0 Å². The quantitative estimate of drug-likeness (QED) is 0.692. The van der Waals surface area contributed by atoms with E-state index in [1.807, 2.05) is 0 Å². The SMILES string of the molecule is CC(C)CCN1CCC[C@@H]1CO. The second-order valence-electron chi connectivity index (χ2n) is 4.20. The average molecular weight is 171 g/mol. The van der Waals surface area contributed by atoms with E-state index in [2.05, 4.69) is 18.7 Å². The van der Waals surface area contributed by atoms with Crippen molar-refractivity contribution in [2.24, 2.45) is 5.92 Å². The molecule has 1 atom stereocenters. The number of likely N-dealkylation sites (tertiary alicyclic amines) is 1. The standard InChI is InChI=1S/C10H21NO/c1-9(2)5-7-11-6-3-4-10(11)8-12/h9-10,12H,3-8H2,1-2H3/t10-/m1/s1. The van der Waals surface area contributed by atoms with E-state index in [-0.39, 0.29) is 0 Å². The maximum Gasteiger partial charge on any atom is 0.0586 e. The van der Waals surface area contributed by atoms with Crippen LogP contribution in [0.4, 0.5) is 0 Å². The number of aliphatic hydroxyl groups is 1. The van der Waals surface area contributed by atoms with Crippen LogP contribution in [0.15, 0.2) is 0 Å². The van der Waals surface area contributed by atoms with Gasteiger partial charge in [-0.1, -0.05) is 13.8 Å². The molecular formula is C10H21NO. The van der Waals surface area contributed by atoms with E-state index in [0.29, 0.717) is 12.6 Å². The summed E-state index contributed by atoms with van der Waals surface area (Å²) in [7, 11) is 0. The van der Waals surface area contributed by atoms with Crippen molar-refractivity contribution in [1.82, 2.24) is 4.90 Å². The number of hydrogen-bond acceptors (Lipinski definition) is 2. The van der Waals surface area contributed by atoms with Crippen molar-refractivity contribution in [3.8, 4) is 0 Å². The largest absolute Gasteiger partial charge is 0.395 e. The Morgan fingerprint density at radius 3 is 2.83 bits per heavy atom. The third-order valence-electron chi connectivity index (χ3n) is 2.70. The summed E-state index contributed by atoms with van der Waals surface area (Å²) in [5.74, 6) is 0.782. The van der Waals surface area contributed by atoms with Crippen molar-refractivity contribution in [1.29, 1.82) is 0 Å². The predicted octanol–water partition coefficient (Wildman–Crippen LogP) is 1.49. The monoisotopic (exact) mass is 171 g/mol. The summed E-state index contributed by atoms with van der Waals surface area (Å²) in [4.78, 5) is 2.43. The summed E-state index contributed by atoms with van der Waals surface area (Å²) in [5.41, 5.74) is 0. The molecule has 1 heterocycles. The molecule has 0 unspecified atom stereocenters. The van der Waals surface area contributed by atoms with Gasteiger partial charge in [0.25, 0.3) is 0 Å². The third kappa shape index (κ3) is 2.76. The number of aliphatic hydroxyl groups excluding tert-OH is 1. The molecule has 0 bridgehead atoms. The lowest BCUT2D eigenvalue weighted by atomic mass is 10.1. The van der Waals surface area contributed by atoms with Gasteiger partial charge in [0, 0.05) is 6.04 Å². The molecule has 72 valence electrons. The van der Waals surface area contributed by atoms with Crippen LogP contribution < -0.4 is 0 Å². The summed E-state index contributed by atoms with van der Waals surface area (Å²) in [6.07, 6.45) is 3.72. The molecule has 1 aliphatic heterocycles. The van der Waals surface area contributed by atoms with Crippen LogP contribution in [0.2, 0.25) is 0 Å². The van der Waals surface area contributed by atoms with E-state index in [1.165, 1.54) is 32.4 Å². The predicted molar refractivity (Wildman–Crippen MR) is 51.1 cm³/mol. The summed E-state index contributed by atoms with van der Waals surface area (Å²) in [6.45, 7) is 7.22. The molecule has 1 N–H and O–H groups in total. The van der Waals surface area contributed by atoms with Crippen LogP contribution in [0.1, 0.15) is 33.1 Å². The van der Waals surface area contributed by atoms with E-state index >= 15 is 0 Å². The highest BCUT2D eigenvalue weighted by molar-refractivity contribution is 4.78. The minimum Gasteiger partial charge on any atom is -0.395 e. The summed E-state index contributed by atoms with van der Waals surface area (Å²) in [6, 6.07) is 0.462. The maximum atomic E-state index is 9.06. The highest BCUT2D eigenvalue weighted by Gasteiger charge is 2.22. The van der Waals surface area contributed by atoms with Crippen LogP contribution in [0.5, 0.6) is 0 Å². The Morgan fingerprint density at radius 2 is 2.25 bits per heavy atom. The molecule has 1 fully saturated rings. The number of nitrogens with zero attached hydrogens (tertiary/aromatic N) is 1. The second-order valence-corrected chi connectivity index (χ2v) is 4.20. The third-order valence-corrected chi connectivity index (χ3v) is 2.70. The molecule has 0 aromatic carbocycles. The molecule has 0 aromatic heterocycles. The highest BCUT2D eigenvalue weighted by atomic mass is 16.3. The van der Waals surface area contributed by atoms with Gasteiger partial charge in [0.1, 0.15) is 0 Å². The summed E-state index contributed by atoms with van der Waals surface area (Å²) in [5, 5.41) is 9.06. The van der Waals surface area contributed by atoms with Gasteiger partial charge in [-0.3, -0.25) is 4.90 Å². The highest BCUT2D eigenvalue weighted by Crippen LogP contribution is 2.17. The van der Waals surface area contributed by atoms with Crippen molar-refractivity contribution < 1.29 is 5.11 Å². The molecule has 0 aliphatic carbocycles. The van der Waals surface area contributed by atoms with Crippen LogP contribution in [-0.4, -0.2) is 35.7 Å². The minimum atomic E-state index is 0.345. The molecule has 1 saturated heterocycles. The maximum absolute atomic E-state index is 9.06. The fourth-order valence-electron chi connectivity index (χ4n) is 1.82. The van der Waals surface area contributed by atoms with E-state index in [4.69, 9.17) is 5.11 Å². The van der Waals surface area contributed by atoms with Gasteiger partial charge in [0.05, 0.1) is 6.61 Å². The van der Waals surface area contributed by atoms with Gasteiger partial charge in [0.15, 0.2) is 0 Å². The molecule has 12 heavy (non-hydrogen) atoms. The van der Waals surface area contributed by atoms with E-state index in [0.717, 1.165) is 5.92 Å². The van der Waals surface area contributed by atoms with Crippen LogP contribution >= 0.6 is 0 Å². The van der Waals surface area contributed by atoms with Crippen molar-refractivity contribution in [2.45, 2.75) is 39.2 Å². The molecule has 0 amide bonds. The molecule has 0 aromatic rings. The van der Waals surface area contributed by atoms with E-state index in [1.54, 1.807) is 0 Å². The molecular weight excluding hydrogens is 150 g/mol. The van der Waals surface area contributed by atoms with Gasteiger partial charge in [-0.15, -0.1) is 0 Å². The van der Waals surface area contributed by atoms with Crippen molar-refractivity contribution in [2.75, 3.05) is 19.7 Å². The van der Waals surface area contributed by atoms with Crippen molar-refractivity contribution in [3.05, 3.63) is 0 Å². The van der Waals surface area contributed by atoms with E-state index in [9.17, 15) is 0 Å². The van der Waals surface area contributed by atoms with Crippen LogP contribution in [0.3, 0.4) is 0 Å². The summed E-state index contributed by atoms with van der Waals surface area (Å²) >= 11 is 0. The van der Waals surface area contributed by atoms with Gasteiger partial charge in [0.2, 0.25) is 0 Å². The van der Waals surface area contributed by atoms with Crippen molar-refractivity contribution >= 4 is 0 Å². The molecule has 0 radical (unpaired) electrons. The summed E-state index contributed by atoms with van der Waals surface area (Å²) < 4.78 is 0. The normalized spacial score (nSPS) is 25.5. The van der Waals surface area contributed by atoms with Gasteiger partial charge >= 0.3 is 0 Å². The molecule has 2 heteroatoms. The Kier molecular flexibility index (Phi) is 4.02. The zero-order valence-electron chi connectivity index (χ0n) is 8.29. The lowest BCUT2D eigenvalue weighted by Gasteiger charge is -2.23. The Hall–Kier alpha value is -0.0800. The zero-order valence-corrected chi connectivity index (χ0v) is 8.29. The van der Waals surface area contributed by atoms with Crippen LogP contribution in [-0.2, 0) is 0 Å². The smallest absolute Gasteiger partial charge is 0.0586 e. The van der Waals surface area contributed by atoms with Gasteiger partial charge < -0.3 is 5.11 Å². The fourth-order valence-corrected chi connectivity index (χ4v) is 1.82. The number of hydrogen-bond donors (Lipinski definition) is 1. The molecule has 1 aliphatic rings. The van der Waals surface area contributed by atoms with Gasteiger partial charge in [-0.25, -0.2) is 0 Å². The van der Waals surface area contributed by atoms with Crippen LogP contribution in [0.25, 0.3) is 0 Å². The minimum absolute atomic E-state index is 0.345. The zero-order chi connectivity index (χ0) is 8.97. The first-order chi connectivity index (χ1) is 5.74. The first-order valence-corrected chi connectivity index (χ1v) is 5.09. The molecule has 0 spiro atoms. The second kappa shape index (κ2) is 4.83.